The molecule has 32 heavy (non-hydrogen) atoms. The fraction of sp³-hybridized carbons (Fsp3) is 0.714. The molecule has 0 saturated carbocycles. The average Bonchev–Trinajstić information content (AvgIpc) is 3.08. The number of rotatable bonds is 4. The molecule has 0 radical (unpaired) electrons. The van der Waals surface area contributed by atoms with Gasteiger partial charge in [-0.05, 0) is 19.8 Å². The Kier molecular flexibility index (Phi) is 5.39. The quantitative estimate of drug-likeness (QED) is 0.703. The Balaban J connectivity index is 1.33. The lowest BCUT2D eigenvalue weighted by molar-refractivity contribution is -0.140. The third-order valence-corrected chi connectivity index (χ3v) is 7.00. The highest BCUT2D eigenvalue weighted by atomic mass is 19.3. The minimum Gasteiger partial charge on any atom is -0.345 e. The van der Waals surface area contributed by atoms with E-state index in [0.29, 0.717) is 43.5 Å². The van der Waals surface area contributed by atoms with E-state index >= 15 is 0 Å². The van der Waals surface area contributed by atoms with Crippen LogP contribution in [0.3, 0.4) is 0 Å². The molecule has 4 aliphatic rings. The number of halogens is 2. The molecule has 9 nitrogen and oxygen atoms in total. The number of fused-ring (bicyclic) bond motifs is 1. The summed E-state index contributed by atoms with van der Waals surface area (Å²) in [6, 6.07) is 0.213. The van der Waals surface area contributed by atoms with Crippen molar-refractivity contribution < 1.29 is 18.4 Å². The minimum atomic E-state index is -2.97. The predicted octanol–water partition coefficient (Wildman–Crippen LogP) is 0.194. The van der Waals surface area contributed by atoms with Crippen LogP contribution in [0.2, 0.25) is 0 Å². The van der Waals surface area contributed by atoms with E-state index in [1.54, 1.807) is 14.7 Å². The molecular weight excluding hydrogens is 420 g/mol. The SMILES string of the molecule is CC1CCN1c1nc(N2CCN(CC(=O)N3CCNCC3)C(=O)C2)c2c(n1)C(F)(F)CC2. The van der Waals surface area contributed by atoms with Crippen LogP contribution in [-0.4, -0.2) is 96.5 Å². The van der Waals surface area contributed by atoms with Crippen molar-refractivity contribution in [3.63, 3.8) is 0 Å². The maximum Gasteiger partial charge on any atom is 0.290 e. The average molecular weight is 450 g/mol. The van der Waals surface area contributed by atoms with Crippen molar-refractivity contribution in [3.8, 4) is 0 Å². The number of hydrogen-bond donors (Lipinski definition) is 1. The van der Waals surface area contributed by atoms with Crippen LogP contribution in [0.15, 0.2) is 0 Å². The van der Waals surface area contributed by atoms with Gasteiger partial charge < -0.3 is 24.9 Å². The van der Waals surface area contributed by atoms with Crippen LogP contribution in [0.25, 0.3) is 0 Å². The fourth-order valence-electron chi connectivity index (χ4n) is 4.83. The number of alkyl halides is 2. The molecule has 1 N–H and O–H groups in total. The Bertz CT molecular complexity index is 922. The highest BCUT2D eigenvalue weighted by molar-refractivity contribution is 5.88. The minimum absolute atomic E-state index is 0.0266. The van der Waals surface area contributed by atoms with Crippen LogP contribution >= 0.6 is 0 Å². The molecule has 174 valence electrons. The number of nitrogens with zero attached hydrogens (tertiary/aromatic N) is 6. The second-order valence-electron chi connectivity index (χ2n) is 9.08. The van der Waals surface area contributed by atoms with Crippen LogP contribution in [0.5, 0.6) is 0 Å². The largest absolute Gasteiger partial charge is 0.345 e. The van der Waals surface area contributed by atoms with E-state index < -0.39 is 5.92 Å². The lowest BCUT2D eigenvalue weighted by atomic mass is 10.1. The zero-order chi connectivity index (χ0) is 22.5. The maximum absolute atomic E-state index is 14.6. The predicted molar refractivity (Wildman–Crippen MR) is 114 cm³/mol. The Hall–Kier alpha value is -2.56. The number of piperazine rings is 2. The number of carbonyl (C=O) groups excluding carboxylic acids is 2. The molecule has 3 aliphatic heterocycles. The van der Waals surface area contributed by atoms with Gasteiger partial charge in [-0.2, -0.15) is 13.8 Å². The van der Waals surface area contributed by atoms with Crippen LogP contribution in [-0.2, 0) is 21.9 Å². The van der Waals surface area contributed by atoms with Gasteiger partial charge in [0.1, 0.15) is 11.5 Å². The highest BCUT2D eigenvalue weighted by Gasteiger charge is 2.45. The smallest absolute Gasteiger partial charge is 0.290 e. The van der Waals surface area contributed by atoms with Crippen molar-refractivity contribution in [2.45, 2.75) is 38.2 Å². The molecule has 0 spiro atoms. The van der Waals surface area contributed by atoms with Crippen molar-refractivity contribution in [1.82, 2.24) is 25.1 Å². The number of aromatic nitrogens is 2. The van der Waals surface area contributed by atoms with Gasteiger partial charge in [0, 0.05) is 63.8 Å². The van der Waals surface area contributed by atoms with E-state index in [4.69, 9.17) is 0 Å². The normalized spacial score (nSPS) is 25.1. The number of carbonyl (C=O) groups is 2. The molecule has 1 unspecified atom stereocenters. The summed E-state index contributed by atoms with van der Waals surface area (Å²) in [5.74, 6) is -2.44. The van der Waals surface area contributed by atoms with Gasteiger partial charge >= 0.3 is 0 Å². The topological polar surface area (TPSA) is 84.9 Å². The molecule has 11 heteroatoms. The van der Waals surface area contributed by atoms with Gasteiger partial charge in [-0.25, -0.2) is 4.98 Å². The van der Waals surface area contributed by atoms with Gasteiger partial charge in [0.2, 0.25) is 17.8 Å². The van der Waals surface area contributed by atoms with Gasteiger partial charge in [0.15, 0.2) is 0 Å². The van der Waals surface area contributed by atoms with Crippen molar-refractivity contribution >= 4 is 23.6 Å². The summed E-state index contributed by atoms with van der Waals surface area (Å²) in [6.07, 6.45) is 0.893. The standard InChI is InChI=1S/C21H29F2N7O2/c1-14-3-7-30(14)20-25-18-15(2-4-21(18,22)23)19(26-20)29-11-10-28(17(32)13-29)12-16(31)27-8-5-24-6-9-27/h14,24H,2-13H2,1H3. The zero-order valence-electron chi connectivity index (χ0n) is 18.3. The van der Waals surface area contributed by atoms with Gasteiger partial charge in [0.05, 0.1) is 13.1 Å². The van der Waals surface area contributed by atoms with Crippen LogP contribution < -0.4 is 15.1 Å². The van der Waals surface area contributed by atoms with E-state index in [1.165, 1.54) is 0 Å². The van der Waals surface area contributed by atoms with E-state index in [0.717, 1.165) is 26.1 Å². The van der Waals surface area contributed by atoms with Crippen molar-refractivity contribution in [3.05, 3.63) is 11.3 Å². The van der Waals surface area contributed by atoms with Crippen LogP contribution in [0.1, 0.15) is 31.0 Å². The third-order valence-electron chi connectivity index (χ3n) is 7.00. The first kappa shape index (κ1) is 21.3. The summed E-state index contributed by atoms with van der Waals surface area (Å²) in [4.78, 5) is 41.4. The monoisotopic (exact) mass is 449 g/mol. The highest BCUT2D eigenvalue weighted by Crippen LogP contribution is 2.45. The lowest BCUT2D eigenvalue weighted by Gasteiger charge is -2.40. The van der Waals surface area contributed by atoms with Crippen LogP contribution in [0, 0.1) is 0 Å². The van der Waals surface area contributed by atoms with E-state index in [9.17, 15) is 18.4 Å². The number of amides is 2. The van der Waals surface area contributed by atoms with Gasteiger partial charge in [0.25, 0.3) is 5.92 Å². The molecule has 1 aromatic heterocycles. The zero-order valence-corrected chi connectivity index (χ0v) is 18.3. The first-order chi connectivity index (χ1) is 15.3. The van der Waals surface area contributed by atoms with Gasteiger partial charge in [-0.15, -0.1) is 0 Å². The molecular formula is C21H29F2N7O2. The molecule has 0 aromatic carbocycles. The second-order valence-corrected chi connectivity index (χ2v) is 9.08. The van der Waals surface area contributed by atoms with E-state index in [1.807, 2.05) is 11.8 Å². The summed E-state index contributed by atoms with van der Waals surface area (Å²) < 4.78 is 29.1. The lowest BCUT2D eigenvalue weighted by Crippen LogP contribution is -2.55. The number of anilines is 2. The number of nitrogens with one attached hydrogen (secondary N) is 1. The molecule has 1 aliphatic carbocycles. The summed E-state index contributed by atoms with van der Waals surface area (Å²) in [7, 11) is 0. The van der Waals surface area contributed by atoms with Gasteiger partial charge in [-0.1, -0.05) is 0 Å². The van der Waals surface area contributed by atoms with Crippen molar-refractivity contribution in [2.24, 2.45) is 0 Å². The summed E-state index contributed by atoms with van der Waals surface area (Å²) in [5.41, 5.74) is 0.255. The first-order valence-corrected chi connectivity index (χ1v) is 11.4. The third kappa shape index (κ3) is 3.76. The first-order valence-electron chi connectivity index (χ1n) is 11.4. The molecule has 2 amide bonds. The van der Waals surface area contributed by atoms with E-state index in [-0.39, 0.29) is 49.5 Å². The summed E-state index contributed by atoms with van der Waals surface area (Å²) in [5, 5.41) is 3.21. The molecule has 1 aromatic rings. The molecule has 0 bridgehead atoms. The van der Waals surface area contributed by atoms with Crippen molar-refractivity contribution in [1.29, 1.82) is 0 Å². The molecule has 3 saturated heterocycles. The summed E-state index contributed by atoms with van der Waals surface area (Å²) in [6.45, 7) is 6.47. The molecule has 1 atom stereocenters. The van der Waals surface area contributed by atoms with E-state index in [2.05, 4.69) is 15.3 Å². The van der Waals surface area contributed by atoms with Crippen LogP contribution in [0.4, 0.5) is 20.5 Å². The molecule has 5 rings (SSSR count). The Morgan fingerprint density at radius 3 is 2.59 bits per heavy atom. The maximum atomic E-state index is 14.6. The summed E-state index contributed by atoms with van der Waals surface area (Å²) >= 11 is 0. The Labute approximate surface area is 185 Å². The molecule has 4 heterocycles. The second kappa shape index (κ2) is 8.09. The van der Waals surface area contributed by atoms with Gasteiger partial charge in [-0.3, -0.25) is 9.59 Å². The Morgan fingerprint density at radius 2 is 1.94 bits per heavy atom. The fourth-order valence-corrected chi connectivity index (χ4v) is 4.83. The van der Waals surface area contributed by atoms with Crippen molar-refractivity contribution in [2.75, 3.05) is 68.7 Å². The molecule has 3 fully saturated rings. The Morgan fingerprint density at radius 1 is 1.16 bits per heavy atom. The number of hydrogen-bond acceptors (Lipinski definition) is 7.